The third kappa shape index (κ3) is 5.31. The van der Waals surface area contributed by atoms with Crippen LogP contribution in [0, 0.1) is 6.92 Å². The molecule has 0 bridgehead atoms. The maximum atomic E-state index is 12.9. The number of aryl methyl sites for hydroxylation is 1. The summed E-state index contributed by atoms with van der Waals surface area (Å²) in [6.45, 7) is 8.19. The summed E-state index contributed by atoms with van der Waals surface area (Å²) < 4.78 is 32.7. The summed E-state index contributed by atoms with van der Waals surface area (Å²) >= 11 is 0. The third-order valence-corrected chi connectivity index (χ3v) is 7.49. The van der Waals surface area contributed by atoms with E-state index in [1.54, 1.807) is 12.1 Å². The lowest BCUT2D eigenvalue weighted by Crippen LogP contribution is -3.14. The number of quaternary nitrogens is 1. The predicted molar refractivity (Wildman–Crippen MR) is 107 cm³/mol. The minimum atomic E-state index is -3.54. The number of benzene rings is 1. The molecule has 2 aliphatic heterocycles. The van der Waals surface area contributed by atoms with Crippen LogP contribution in [0.3, 0.4) is 0 Å². The van der Waals surface area contributed by atoms with E-state index in [-0.39, 0.29) is 10.8 Å². The standard InChI is InChI=1S/C20H31N3O4S/c1-17-6-7-18(28(25,26)23-10-3-2-4-11-23)16-19(17)20(24)21-8-5-9-22-12-14-27-15-13-22/h6-7,16H,2-5,8-15H2,1H3,(H,21,24)/p+1. The first-order valence-corrected chi connectivity index (χ1v) is 11.7. The molecule has 1 aromatic rings. The molecule has 28 heavy (non-hydrogen) atoms. The molecule has 0 atom stereocenters. The zero-order valence-electron chi connectivity index (χ0n) is 16.7. The summed E-state index contributed by atoms with van der Waals surface area (Å²) in [5.41, 5.74) is 1.23. The van der Waals surface area contributed by atoms with E-state index < -0.39 is 10.0 Å². The zero-order valence-corrected chi connectivity index (χ0v) is 17.5. The van der Waals surface area contributed by atoms with Crippen LogP contribution < -0.4 is 10.2 Å². The number of amides is 1. The molecule has 3 rings (SSSR count). The van der Waals surface area contributed by atoms with E-state index >= 15 is 0 Å². The maximum Gasteiger partial charge on any atom is 0.251 e. The summed E-state index contributed by atoms with van der Waals surface area (Å²) in [6.07, 6.45) is 3.75. The molecular formula is C20H32N3O4S+. The Balaban J connectivity index is 1.59. The number of hydrogen-bond acceptors (Lipinski definition) is 4. The van der Waals surface area contributed by atoms with Crippen molar-refractivity contribution < 1.29 is 22.8 Å². The lowest BCUT2D eigenvalue weighted by Gasteiger charge is -2.26. The van der Waals surface area contributed by atoms with Crippen molar-refractivity contribution in [2.45, 2.75) is 37.5 Å². The van der Waals surface area contributed by atoms with Gasteiger partial charge >= 0.3 is 0 Å². The Hall–Kier alpha value is -1.48. The molecule has 2 N–H and O–H groups in total. The molecule has 2 saturated heterocycles. The Bertz CT molecular complexity index is 770. The molecule has 156 valence electrons. The van der Waals surface area contributed by atoms with E-state index in [1.165, 1.54) is 15.3 Å². The number of ether oxygens (including phenoxy) is 1. The Morgan fingerprint density at radius 2 is 1.89 bits per heavy atom. The quantitative estimate of drug-likeness (QED) is 0.630. The number of morpholine rings is 1. The number of nitrogens with one attached hydrogen (secondary N) is 2. The van der Waals surface area contributed by atoms with Gasteiger partial charge in [0.1, 0.15) is 13.1 Å². The highest BCUT2D eigenvalue weighted by Crippen LogP contribution is 2.22. The Kier molecular flexibility index (Phi) is 7.45. The Morgan fingerprint density at radius 3 is 2.61 bits per heavy atom. The number of sulfonamides is 1. The first kappa shape index (κ1) is 21.2. The molecule has 2 aliphatic rings. The first-order valence-electron chi connectivity index (χ1n) is 10.3. The fourth-order valence-corrected chi connectivity index (χ4v) is 5.35. The van der Waals surface area contributed by atoms with Crippen molar-refractivity contribution in [3.8, 4) is 0 Å². The second-order valence-electron chi connectivity index (χ2n) is 7.66. The van der Waals surface area contributed by atoms with Crippen molar-refractivity contribution >= 4 is 15.9 Å². The summed E-state index contributed by atoms with van der Waals surface area (Å²) in [7, 11) is -3.54. The van der Waals surface area contributed by atoms with Crippen molar-refractivity contribution in [1.29, 1.82) is 0 Å². The molecule has 0 saturated carbocycles. The minimum absolute atomic E-state index is 0.204. The van der Waals surface area contributed by atoms with Gasteiger partial charge in [-0.05, 0) is 37.5 Å². The molecule has 0 aliphatic carbocycles. The van der Waals surface area contributed by atoms with Crippen molar-refractivity contribution in [3.05, 3.63) is 29.3 Å². The molecule has 0 unspecified atom stereocenters. The van der Waals surface area contributed by atoms with Crippen molar-refractivity contribution in [1.82, 2.24) is 9.62 Å². The first-order chi connectivity index (χ1) is 13.5. The van der Waals surface area contributed by atoms with Gasteiger partial charge in [-0.15, -0.1) is 0 Å². The number of rotatable bonds is 7. The van der Waals surface area contributed by atoms with Crippen LogP contribution in [0.4, 0.5) is 0 Å². The zero-order chi connectivity index (χ0) is 20.0. The molecule has 1 aromatic carbocycles. The second-order valence-corrected chi connectivity index (χ2v) is 9.60. The number of nitrogens with zero attached hydrogens (tertiary/aromatic N) is 1. The smallest absolute Gasteiger partial charge is 0.251 e. The van der Waals surface area contributed by atoms with Gasteiger partial charge in [0.05, 0.1) is 24.7 Å². The van der Waals surface area contributed by atoms with Gasteiger partial charge in [0.15, 0.2) is 0 Å². The predicted octanol–water partition coefficient (Wildman–Crippen LogP) is 0.205. The Morgan fingerprint density at radius 1 is 1.18 bits per heavy atom. The molecule has 2 fully saturated rings. The lowest BCUT2D eigenvalue weighted by molar-refractivity contribution is -0.908. The van der Waals surface area contributed by atoms with Gasteiger partial charge in [-0.3, -0.25) is 4.79 Å². The molecule has 8 heteroatoms. The van der Waals surface area contributed by atoms with Crippen molar-refractivity contribution in [3.63, 3.8) is 0 Å². The van der Waals surface area contributed by atoms with E-state index in [1.807, 2.05) is 6.92 Å². The van der Waals surface area contributed by atoms with E-state index in [0.29, 0.717) is 25.2 Å². The topological polar surface area (TPSA) is 80.2 Å². The number of carbonyl (C=O) groups excluding carboxylic acids is 1. The van der Waals surface area contributed by atoms with E-state index in [9.17, 15) is 13.2 Å². The van der Waals surface area contributed by atoms with Gasteiger partial charge in [-0.25, -0.2) is 8.42 Å². The van der Waals surface area contributed by atoms with Gasteiger partial charge in [-0.2, -0.15) is 4.31 Å². The van der Waals surface area contributed by atoms with Crippen LogP contribution in [0.1, 0.15) is 41.6 Å². The SMILES string of the molecule is Cc1ccc(S(=O)(=O)N2CCCCC2)cc1C(=O)NCCC[NH+]1CCOCC1. The largest absolute Gasteiger partial charge is 0.370 e. The second kappa shape index (κ2) is 9.82. The number of hydrogen-bond donors (Lipinski definition) is 2. The molecular weight excluding hydrogens is 378 g/mol. The van der Waals surface area contributed by atoms with Crippen LogP contribution in [-0.4, -0.2) is 71.1 Å². The fourth-order valence-electron chi connectivity index (χ4n) is 3.81. The molecule has 2 heterocycles. The van der Waals surface area contributed by atoms with Crippen LogP contribution in [-0.2, 0) is 14.8 Å². The maximum absolute atomic E-state index is 12.9. The van der Waals surface area contributed by atoms with Crippen LogP contribution in [0.2, 0.25) is 0 Å². The van der Waals surface area contributed by atoms with Crippen LogP contribution in [0.5, 0.6) is 0 Å². The summed E-state index contributed by atoms with van der Waals surface area (Å²) in [6, 6.07) is 4.86. The minimum Gasteiger partial charge on any atom is -0.370 e. The van der Waals surface area contributed by atoms with Gasteiger partial charge in [0.25, 0.3) is 5.91 Å². The van der Waals surface area contributed by atoms with Crippen molar-refractivity contribution in [2.24, 2.45) is 0 Å². The number of piperidine rings is 1. The molecule has 1 amide bonds. The van der Waals surface area contributed by atoms with Gasteiger partial charge in [0.2, 0.25) is 10.0 Å². The average Bonchev–Trinajstić information content (AvgIpc) is 2.72. The van der Waals surface area contributed by atoms with E-state index in [2.05, 4.69) is 5.32 Å². The normalized spacial score (nSPS) is 19.5. The molecule has 0 spiro atoms. The fraction of sp³-hybridized carbons (Fsp3) is 0.650. The average molecular weight is 411 g/mol. The number of carbonyl (C=O) groups is 1. The van der Waals surface area contributed by atoms with Gasteiger partial charge in [0, 0.05) is 31.6 Å². The third-order valence-electron chi connectivity index (χ3n) is 5.60. The van der Waals surface area contributed by atoms with Crippen molar-refractivity contribution in [2.75, 3.05) is 52.5 Å². The monoisotopic (exact) mass is 410 g/mol. The highest BCUT2D eigenvalue weighted by atomic mass is 32.2. The van der Waals surface area contributed by atoms with E-state index in [4.69, 9.17) is 4.74 Å². The molecule has 7 nitrogen and oxygen atoms in total. The van der Waals surface area contributed by atoms with Gasteiger partial charge in [-0.1, -0.05) is 12.5 Å². The van der Waals surface area contributed by atoms with Crippen LogP contribution in [0.25, 0.3) is 0 Å². The Labute approximate surface area is 168 Å². The highest BCUT2D eigenvalue weighted by Gasteiger charge is 2.27. The van der Waals surface area contributed by atoms with E-state index in [0.717, 1.165) is 64.1 Å². The summed E-state index contributed by atoms with van der Waals surface area (Å²) in [5.74, 6) is -0.204. The van der Waals surface area contributed by atoms with Crippen LogP contribution in [0.15, 0.2) is 23.1 Å². The lowest BCUT2D eigenvalue weighted by atomic mass is 10.1. The summed E-state index contributed by atoms with van der Waals surface area (Å²) in [5, 5.41) is 2.95. The van der Waals surface area contributed by atoms with Crippen LogP contribution >= 0.6 is 0 Å². The van der Waals surface area contributed by atoms with Gasteiger partial charge < -0.3 is 15.0 Å². The molecule has 0 radical (unpaired) electrons. The summed E-state index contributed by atoms with van der Waals surface area (Å²) in [4.78, 5) is 14.3. The molecule has 0 aromatic heterocycles. The highest BCUT2D eigenvalue weighted by molar-refractivity contribution is 7.89.